The minimum absolute atomic E-state index is 0. The number of methoxy groups -OCH3 is 8. The highest BCUT2D eigenvalue weighted by atomic mass is 35.5. The molecule has 0 radical (unpaired) electrons. The van der Waals surface area contributed by atoms with Crippen LogP contribution in [0.25, 0.3) is 0 Å². The summed E-state index contributed by atoms with van der Waals surface area (Å²) in [5.41, 5.74) is 14.9. The van der Waals surface area contributed by atoms with Gasteiger partial charge in [-0.05, 0) is 285 Å². The Labute approximate surface area is 775 Å². The van der Waals surface area contributed by atoms with Gasteiger partial charge in [-0.2, -0.15) is 0 Å². The average Bonchev–Trinajstić information content (AvgIpc) is 0.815. The number of nitrogens with zero attached hydrogens (tertiary/aromatic N) is 6. The minimum Gasteiger partial charge on any atom is -0.477 e. The van der Waals surface area contributed by atoms with Gasteiger partial charge in [0.25, 0.3) is 33.4 Å². The number of aromatic nitrogens is 6. The fraction of sp³-hybridized carbons (Fsp3) is 0.574. The summed E-state index contributed by atoms with van der Waals surface area (Å²) in [5.74, 6) is -3.06. The monoisotopic (exact) mass is 1870 g/mol. The van der Waals surface area contributed by atoms with Gasteiger partial charge in [-0.15, -0.1) is 24.8 Å². The molecule has 7 heterocycles. The second kappa shape index (κ2) is 56.5. The first kappa shape index (κ1) is 111. The number of nitrogens with one attached hydrogen (secondary N) is 1. The van der Waals surface area contributed by atoms with Crippen LogP contribution in [0.5, 0.6) is 0 Å². The van der Waals surface area contributed by atoms with Gasteiger partial charge in [0.1, 0.15) is 33.5 Å². The van der Waals surface area contributed by atoms with E-state index < -0.39 is 46.8 Å². The maximum atomic E-state index is 12.6. The van der Waals surface area contributed by atoms with Crippen LogP contribution >= 0.6 is 24.8 Å². The van der Waals surface area contributed by atoms with Crippen molar-refractivity contribution in [3.8, 4) is 0 Å². The van der Waals surface area contributed by atoms with Crippen LogP contribution in [0.3, 0.4) is 0 Å². The first-order chi connectivity index (χ1) is 61.7. The number of esters is 3. The van der Waals surface area contributed by atoms with Gasteiger partial charge in [-0.3, -0.25) is 34.1 Å². The van der Waals surface area contributed by atoms with E-state index in [4.69, 9.17) is 55.8 Å². The maximum absolute atomic E-state index is 12.6. The Bertz CT molecular complexity index is 5070. The Morgan fingerprint density at radius 1 is 0.374 bits per heavy atom. The van der Waals surface area contributed by atoms with Crippen molar-refractivity contribution >= 4 is 71.8 Å². The molecule has 131 heavy (non-hydrogen) atoms. The van der Waals surface area contributed by atoms with Crippen molar-refractivity contribution in [2.75, 3.05) is 73.7 Å². The lowest BCUT2D eigenvalue weighted by molar-refractivity contribution is 0.0517. The third kappa shape index (κ3) is 34.3. The predicted octanol–water partition coefficient (Wildman–Crippen LogP) is 12.5. The van der Waals surface area contributed by atoms with Gasteiger partial charge >= 0.3 is 35.6 Å². The summed E-state index contributed by atoms with van der Waals surface area (Å²) in [6.07, 6.45) is 38.2. The topological polar surface area (TPSA) is 481 Å². The van der Waals surface area contributed by atoms with E-state index in [0.717, 1.165) is 173 Å². The SMILES string of the molecule is COC(=O)c1cccn(C2CCC[C@H](O)C2)c1=O.COC(=O)c1cccn(C2CCC[C@H](OC)C2)c1=O.COC(=O)c1cccoc1=O.CO[C@@H]1CCCC(n2cccc(N)c2=O)C1.CO[C@H]1CCCC(n2cccc(C(=O)O)c2=O)C1.CO[C@H]1CCCC(n2cccc(N)c2=O)C1.CO[C@H]1CCCC(n2cccc(NC(=O)OC(C)(C)C)c2=O)C1.Cl.Cl.N[C@H]1CCC[C@H](O)C1. The Hall–Kier alpha value is -10.3. The Balaban J connectivity index is 0.000000268. The van der Waals surface area contributed by atoms with Crippen molar-refractivity contribution in [3.63, 3.8) is 0 Å². The molecule has 7 aromatic rings. The third-order valence-electron chi connectivity index (χ3n) is 24.0. The molecule has 0 bridgehead atoms. The van der Waals surface area contributed by atoms with E-state index in [1.807, 2.05) is 24.5 Å². The molecular weight excluding hydrogens is 1740 g/mol. The number of hydrogen-bond donors (Lipinski definition) is 7. The molecule has 14 atom stereocenters. The van der Waals surface area contributed by atoms with Crippen LogP contribution in [0.1, 0.15) is 278 Å². The molecule has 7 fully saturated rings. The van der Waals surface area contributed by atoms with Gasteiger partial charge in [0.15, 0.2) is 0 Å². The first-order valence-electron chi connectivity index (χ1n) is 44.3. The van der Waals surface area contributed by atoms with E-state index in [9.17, 15) is 62.6 Å². The number of carboxylic acid groups (broad SMARTS) is 1. The van der Waals surface area contributed by atoms with Gasteiger partial charge in [0, 0.05) is 115 Å². The highest BCUT2D eigenvalue weighted by Crippen LogP contribution is 2.35. The number of nitrogen functional groups attached to an aromatic ring is 2. The van der Waals surface area contributed by atoms with Crippen LogP contribution in [-0.2, 0) is 42.6 Å². The molecular formula is C94H136Cl2N10O25. The van der Waals surface area contributed by atoms with Crippen LogP contribution in [-0.4, -0.2) is 184 Å². The molecule has 7 aliphatic rings. The Morgan fingerprint density at radius 2 is 0.664 bits per heavy atom. The molecule has 0 saturated heterocycles. The standard InChI is InChI=1S/C17H26N2O4.C14H19NO4.2C13H17NO4.2C12H18N2O2.C7H6O4.C6H13NO.2ClH/c1-17(2,3)23-16(21)18-14-9-6-10-19(15(14)20)12-7-5-8-13(11-12)22-4;1-18-11-6-3-5-10(9-11)15-8-4-7-12(13(15)16)14(17)19-2;1-18-10-5-2-4-9(8-10)14-7-3-6-11(12(14)15)13(16)17;1-18-13(17)11-6-3-7-14(12(11)16)9-4-2-5-10(15)8-9;2*1-16-10-5-2-4-9(8-10)14-7-3-6-11(13)12(14)15;1-10-6(8)5-3-2-4-11-7(5)9;7-5-2-1-3-6(8)4-5;;/h6,9-10,12-13H,5,7-8,11H2,1-4H3,(H,18,21);4,7-8,10-11H,3,5-6,9H2,1-2H3;3,6-7,9-10H,2,4-5,8H2,1H3,(H,16,17);3,6-7,9-10,15H,2,4-5,8H2,1H3;2*3,6-7,9-10H,2,4-5,8,13H2,1H3;2-4H,1H3;5-6,8H,1-4,7H2;2*1H/t12?,13-;10?,11-;4*9?,10-;;5-,6-;;/m000010.0../s1. The van der Waals surface area contributed by atoms with Gasteiger partial charge in [0.05, 0.1) is 81.7 Å². The highest BCUT2D eigenvalue weighted by Gasteiger charge is 2.32. The van der Waals surface area contributed by atoms with Crippen molar-refractivity contribution in [1.82, 2.24) is 27.4 Å². The van der Waals surface area contributed by atoms with Crippen LogP contribution in [0, 0.1) is 0 Å². The van der Waals surface area contributed by atoms with Crippen molar-refractivity contribution in [2.45, 2.75) is 291 Å². The fourth-order valence-electron chi connectivity index (χ4n) is 17.2. The summed E-state index contributed by atoms with van der Waals surface area (Å²) in [6.45, 7) is 5.34. The summed E-state index contributed by atoms with van der Waals surface area (Å²) in [5, 5.41) is 30.1. The summed E-state index contributed by atoms with van der Waals surface area (Å²) in [7, 11) is 12.3. The fourth-order valence-corrected chi connectivity index (χ4v) is 17.2. The van der Waals surface area contributed by atoms with Gasteiger partial charge < -0.3 is 107 Å². The number of carbonyl (C=O) groups excluding carboxylic acids is 4. The number of carboxylic acids is 1. The molecule has 726 valence electrons. The second-order valence-electron chi connectivity index (χ2n) is 34.1. The number of aliphatic hydroxyl groups is 2. The predicted molar refractivity (Wildman–Crippen MR) is 501 cm³/mol. The number of aliphatic hydroxyl groups excluding tert-OH is 2. The molecule has 0 spiro atoms. The molecule has 0 aromatic carbocycles. The van der Waals surface area contributed by atoms with Crippen LogP contribution in [0.2, 0.25) is 0 Å². The van der Waals surface area contributed by atoms with Crippen molar-refractivity contribution in [1.29, 1.82) is 0 Å². The normalized spacial score (nSPS) is 23.1. The van der Waals surface area contributed by atoms with Crippen molar-refractivity contribution in [3.05, 3.63) is 223 Å². The number of aromatic carboxylic acids is 1. The number of carbonyl (C=O) groups is 5. The lowest BCUT2D eigenvalue weighted by atomic mass is 9.92. The number of pyridine rings is 6. The van der Waals surface area contributed by atoms with Crippen molar-refractivity contribution in [2.24, 2.45) is 5.73 Å². The molecule has 10 N–H and O–H groups in total. The molecule has 0 aliphatic heterocycles. The molecule has 37 heteroatoms. The lowest BCUT2D eigenvalue weighted by Crippen LogP contribution is -2.34. The van der Waals surface area contributed by atoms with Crippen molar-refractivity contribution < 1.29 is 86.3 Å². The van der Waals surface area contributed by atoms with Gasteiger partial charge in [-0.1, -0.05) is 0 Å². The number of anilines is 3. The van der Waals surface area contributed by atoms with E-state index in [2.05, 4.69) is 23.9 Å². The average molecular weight is 1880 g/mol. The third-order valence-corrected chi connectivity index (χ3v) is 24.0. The summed E-state index contributed by atoms with van der Waals surface area (Å²) in [6, 6.07) is 23.3. The zero-order valence-corrected chi connectivity index (χ0v) is 78.7. The molecule has 7 aliphatic carbocycles. The summed E-state index contributed by atoms with van der Waals surface area (Å²) >= 11 is 0. The van der Waals surface area contributed by atoms with Gasteiger partial charge in [0.2, 0.25) is 0 Å². The lowest BCUT2D eigenvalue weighted by Gasteiger charge is -2.29. The zero-order chi connectivity index (χ0) is 94.4. The van der Waals surface area contributed by atoms with E-state index in [-0.39, 0.29) is 166 Å². The number of nitrogens with two attached hydrogens (primary N) is 3. The molecule has 7 aromatic heterocycles. The van der Waals surface area contributed by atoms with Crippen LogP contribution in [0.4, 0.5) is 21.9 Å². The molecule has 7 saturated carbocycles. The number of halogens is 2. The minimum atomic E-state index is -1.17. The van der Waals surface area contributed by atoms with Gasteiger partial charge in [-0.25, -0.2) is 28.8 Å². The first-order valence-corrected chi connectivity index (χ1v) is 44.3. The number of ether oxygens (including phenoxy) is 9. The summed E-state index contributed by atoms with van der Waals surface area (Å²) in [4.78, 5) is 140. The molecule has 14 rings (SSSR count). The van der Waals surface area contributed by atoms with Crippen LogP contribution in [0.15, 0.2) is 166 Å². The smallest absolute Gasteiger partial charge is 0.412 e. The van der Waals surface area contributed by atoms with Crippen LogP contribution < -0.4 is 61.5 Å². The zero-order valence-electron chi connectivity index (χ0n) is 77.1. The van der Waals surface area contributed by atoms with E-state index in [1.54, 1.807) is 142 Å². The maximum Gasteiger partial charge on any atom is 0.412 e. The molecule has 1 amide bonds. The summed E-state index contributed by atoms with van der Waals surface area (Å²) < 4.78 is 59.9. The number of rotatable bonds is 16. The highest BCUT2D eigenvalue weighted by molar-refractivity contribution is 5.90. The Kier molecular flexibility index (Phi) is 48.0. The largest absolute Gasteiger partial charge is 0.477 e. The number of hydrogen-bond acceptors (Lipinski definition) is 27. The molecule has 35 nitrogen and oxygen atoms in total. The van der Waals surface area contributed by atoms with E-state index in [0.29, 0.717) is 17.8 Å². The van der Waals surface area contributed by atoms with E-state index >= 15 is 0 Å². The van der Waals surface area contributed by atoms with E-state index in [1.165, 1.54) is 67.1 Å². The number of amides is 1. The quantitative estimate of drug-likeness (QED) is 0.0349. The molecule has 6 unspecified atom stereocenters. The Morgan fingerprint density at radius 3 is 0.977 bits per heavy atom. The second-order valence-corrected chi connectivity index (χ2v) is 34.1.